The molecule has 0 fully saturated rings. The van der Waals surface area contributed by atoms with Gasteiger partial charge in [-0.3, -0.25) is 19.2 Å². The summed E-state index contributed by atoms with van der Waals surface area (Å²) in [6.07, 6.45) is 5.14. The summed E-state index contributed by atoms with van der Waals surface area (Å²) in [5.41, 5.74) is 1.75. The number of nitrogens with zero attached hydrogens (tertiary/aromatic N) is 4. The van der Waals surface area contributed by atoms with Crippen molar-refractivity contribution in [1.29, 1.82) is 0 Å². The van der Waals surface area contributed by atoms with Crippen LogP contribution in [0.25, 0.3) is 10.9 Å². The van der Waals surface area contributed by atoms with Gasteiger partial charge >= 0.3 is 0 Å². The second kappa shape index (κ2) is 7.81. The number of aliphatic hydroxyl groups excluding tert-OH is 1. The molecule has 1 aromatic carbocycles. The first-order valence-corrected chi connectivity index (χ1v) is 7.94. The predicted octanol–water partition coefficient (Wildman–Crippen LogP) is 1.29. The number of fused-ring (bicyclic) bond motifs is 1. The van der Waals surface area contributed by atoms with Gasteiger partial charge in [-0.2, -0.15) is 0 Å². The van der Waals surface area contributed by atoms with Crippen LogP contribution < -0.4 is 5.56 Å². The fraction of sp³-hybridized carbons (Fsp3) is 0.278. The number of hydrogen-bond acceptors (Lipinski definition) is 5. The first-order chi connectivity index (χ1) is 11.8. The van der Waals surface area contributed by atoms with Crippen LogP contribution in [0.15, 0.2) is 59.9 Å². The van der Waals surface area contributed by atoms with Crippen LogP contribution in [0.1, 0.15) is 5.56 Å². The van der Waals surface area contributed by atoms with Crippen LogP contribution in [0.2, 0.25) is 0 Å². The van der Waals surface area contributed by atoms with E-state index in [1.807, 2.05) is 36.5 Å². The summed E-state index contributed by atoms with van der Waals surface area (Å²) in [7, 11) is 0. The average molecular weight is 324 g/mol. The molecule has 124 valence electrons. The van der Waals surface area contributed by atoms with E-state index in [1.54, 1.807) is 23.2 Å². The maximum absolute atomic E-state index is 12.5. The van der Waals surface area contributed by atoms with Gasteiger partial charge in [-0.1, -0.05) is 18.2 Å². The van der Waals surface area contributed by atoms with E-state index in [0.717, 1.165) is 5.56 Å². The maximum atomic E-state index is 12.5. The molecule has 2 heterocycles. The Morgan fingerprint density at radius 2 is 2.00 bits per heavy atom. The van der Waals surface area contributed by atoms with Crippen LogP contribution in [0.3, 0.4) is 0 Å². The number of para-hydroxylation sites is 1. The lowest BCUT2D eigenvalue weighted by Crippen LogP contribution is -2.32. The van der Waals surface area contributed by atoms with Crippen molar-refractivity contribution in [2.45, 2.75) is 13.1 Å². The Morgan fingerprint density at radius 3 is 2.79 bits per heavy atom. The van der Waals surface area contributed by atoms with E-state index in [2.05, 4.69) is 14.9 Å². The van der Waals surface area contributed by atoms with Crippen LogP contribution >= 0.6 is 0 Å². The molecule has 3 aromatic rings. The van der Waals surface area contributed by atoms with E-state index in [-0.39, 0.29) is 12.2 Å². The third-order valence-corrected chi connectivity index (χ3v) is 3.93. The number of aliphatic hydroxyl groups is 1. The van der Waals surface area contributed by atoms with Crippen molar-refractivity contribution in [2.24, 2.45) is 0 Å². The zero-order valence-electron chi connectivity index (χ0n) is 13.4. The van der Waals surface area contributed by atoms with Crippen LogP contribution in [0.5, 0.6) is 0 Å². The van der Waals surface area contributed by atoms with Crippen LogP contribution in [0, 0.1) is 0 Å². The minimum atomic E-state index is -0.0362. The molecule has 6 heteroatoms. The molecule has 0 saturated carbocycles. The fourth-order valence-electron chi connectivity index (χ4n) is 2.68. The fourth-order valence-corrected chi connectivity index (χ4v) is 2.68. The van der Waals surface area contributed by atoms with E-state index in [1.165, 1.54) is 0 Å². The lowest BCUT2D eigenvalue weighted by atomic mass is 10.2. The number of pyridine rings is 1. The topological polar surface area (TPSA) is 71.2 Å². The van der Waals surface area contributed by atoms with Gasteiger partial charge in [0.1, 0.15) is 0 Å². The highest BCUT2D eigenvalue weighted by molar-refractivity contribution is 5.76. The number of rotatable bonds is 7. The monoisotopic (exact) mass is 324 g/mol. The van der Waals surface area contributed by atoms with E-state index in [0.29, 0.717) is 37.1 Å². The average Bonchev–Trinajstić information content (AvgIpc) is 2.62. The summed E-state index contributed by atoms with van der Waals surface area (Å²) in [6, 6.07) is 11.2. The highest BCUT2D eigenvalue weighted by atomic mass is 16.3. The van der Waals surface area contributed by atoms with Crippen LogP contribution in [0.4, 0.5) is 0 Å². The zero-order chi connectivity index (χ0) is 16.8. The predicted molar refractivity (Wildman–Crippen MR) is 92.6 cm³/mol. The van der Waals surface area contributed by atoms with E-state index >= 15 is 0 Å². The molecular weight excluding hydrogens is 304 g/mol. The molecular formula is C18H20N4O2. The molecule has 0 amide bonds. The standard InChI is InChI=1S/C18H20N4O2/c23-11-10-21(13-15-4-3-7-19-12-15)8-9-22-14-20-17-6-2-1-5-16(17)18(22)24/h1-7,12,14,23H,8-11,13H2. The number of hydrogen-bond donors (Lipinski definition) is 1. The summed E-state index contributed by atoms with van der Waals surface area (Å²) in [5.74, 6) is 0. The van der Waals surface area contributed by atoms with Crippen LogP contribution in [-0.2, 0) is 13.1 Å². The Labute approximate surface area is 140 Å². The molecule has 0 saturated heterocycles. The van der Waals surface area contributed by atoms with E-state index < -0.39 is 0 Å². The highest BCUT2D eigenvalue weighted by Crippen LogP contribution is 2.06. The van der Waals surface area contributed by atoms with Gasteiger partial charge in [0.2, 0.25) is 0 Å². The van der Waals surface area contributed by atoms with Crippen LogP contribution in [-0.4, -0.2) is 44.2 Å². The van der Waals surface area contributed by atoms with Gasteiger partial charge in [-0.15, -0.1) is 0 Å². The number of benzene rings is 1. The van der Waals surface area contributed by atoms with Crippen molar-refractivity contribution in [3.05, 3.63) is 71.0 Å². The Hall–Kier alpha value is -2.57. The molecule has 24 heavy (non-hydrogen) atoms. The second-order valence-electron chi connectivity index (χ2n) is 5.62. The molecule has 2 aromatic heterocycles. The van der Waals surface area contributed by atoms with Gasteiger partial charge in [0.25, 0.3) is 5.56 Å². The quantitative estimate of drug-likeness (QED) is 0.709. The van der Waals surface area contributed by atoms with Gasteiger partial charge < -0.3 is 5.11 Å². The molecule has 0 aliphatic heterocycles. The van der Waals surface area contributed by atoms with Crippen molar-refractivity contribution in [3.63, 3.8) is 0 Å². The van der Waals surface area contributed by atoms with Gasteiger partial charge in [0.15, 0.2) is 0 Å². The zero-order valence-corrected chi connectivity index (χ0v) is 13.4. The van der Waals surface area contributed by atoms with Gasteiger partial charge in [0.05, 0.1) is 23.8 Å². The summed E-state index contributed by atoms with van der Waals surface area (Å²) in [6.45, 7) is 2.48. The highest BCUT2D eigenvalue weighted by Gasteiger charge is 2.08. The normalized spacial score (nSPS) is 11.2. The molecule has 1 N–H and O–H groups in total. The molecule has 0 aliphatic rings. The van der Waals surface area contributed by atoms with Crippen molar-refractivity contribution in [2.75, 3.05) is 19.7 Å². The van der Waals surface area contributed by atoms with Gasteiger partial charge in [-0.25, -0.2) is 4.98 Å². The molecule has 0 radical (unpaired) electrons. The van der Waals surface area contributed by atoms with E-state index in [9.17, 15) is 9.90 Å². The Morgan fingerprint density at radius 1 is 1.12 bits per heavy atom. The molecule has 0 spiro atoms. The molecule has 3 rings (SSSR count). The molecule has 0 bridgehead atoms. The third-order valence-electron chi connectivity index (χ3n) is 3.93. The van der Waals surface area contributed by atoms with Crippen molar-refractivity contribution < 1.29 is 5.11 Å². The SMILES string of the molecule is O=c1c2ccccc2ncn1CCN(CCO)Cc1cccnc1. The summed E-state index contributed by atoms with van der Waals surface area (Å²) in [4.78, 5) is 23.0. The number of aromatic nitrogens is 3. The smallest absolute Gasteiger partial charge is 0.261 e. The largest absolute Gasteiger partial charge is 0.395 e. The molecule has 0 atom stereocenters. The first-order valence-electron chi connectivity index (χ1n) is 7.94. The Bertz CT molecular complexity index is 848. The molecule has 6 nitrogen and oxygen atoms in total. The van der Waals surface area contributed by atoms with Gasteiger partial charge in [-0.05, 0) is 23.8 Å². The minimum absolute atomic E-state index is 0.0362. The van der Waals surface area contributed by atoms with Crippen molar-refractivity contribution in [3.8, 4) is 0 Å². The first kappa shape index (κ1) is 16.3. The molecule has 0 unspecified atom stereocenters. The van der Waals surface area contributed by atoms with Crippen molar-refractivity contribution >= 4 is 10.9 Å². The van der Waals surface area contributed by atoms with Crippen molar-refractivity contribution in [1.82, 2.24) is 19.4 Å². The molecule has 0 aliphatic carbocycles. The minimum Gasteiger partial charge on any atom is -0.395 e. The Balaban J connectivity index is 1.72. The summed E-state index contributed by atoms with van der Waals surface area (Å²) in [5, 5.41) is 9.90. The van der Waals surface area contributed by atoms with E-state index in [4.69, 9.17) is 0 Å². The summed E-state index contributed by atoms with van der Waals surface area (Å²) >= 11 is 0. The lowest BCUT2D eigenvalue weighted by Gasteiger charge is -2.21. The third kappa shape index (κ3) is 3.84. The Kier molecular flexibility index (Phi) is 5.30. The maximum Gasteiger partial charge on any atom is 0.261 e. The summed E-state index contributed by atoms with van der Waals surface area (Å²) < 4.78 is 1.62. The second-order valence-corrected chi connectivity index (χ2v) is 5.62. The van der Waals surface area contributed by atoms with Gasteiger partial charge in [0, 0.05) is 38.6 Å². The lowest BCUT2D eigenvalue weighted by molar-refractivity contribution is 0.184.